The quantitative estimate of drug-likeness (QED) is 0.605. The van der Waals surface area contributed by atoms with Gasteiger partial charge in [-0.2, -0.15) is 0 Å². The lowest BCUT2D eigenvalue weighted by Crippen LogP contribution is -2.19. The van der Waals surface area contributed by atoms with Crippen LogP contribution >= 0.6 is 0 Å². The van der Waals surface area contributed by atoms with Crippen LogP contribution in [0.25, 0.3) is 0 Å². The molecule has 80 valence electrons. The Labute approximate surface area is 82.9 Å². The van der Waals surface area contributed by atoms with Crippen LogP contribution in [0, 0.1) is 10.8 Å². The Kier molecular flexibility index (Phi) is 4.41. The lowest BCUT2D eigenvalue weighted by Gasteiger charge is -2.29. The van der Waals surface area contributed by atoms with Crippen LogP contribution in [0.2, 0.25) is 0 Å². The van der Waals surface area contributed by atoms with Gasteiger partial charge in [-0.25, -0.2) is 4.39 Å². The van der Waals surface area contributed by atoms with Crippen LogP contribution in [0.3, 0.4) is 0 Å². The van der Waals surface area contributed by atoms with Gasteiger partial charge in [0.2, 0.25) is 0 Å². The molecule has 0 saturated carbocycles. The molecule has 0 aromatic heterocycles. The Balaban J connectivity index is 3.89. The first-order valence-corrected chi connectivity index (χ1v) is 5.26. The molecule has 0 aliphatic heterocycles. The van der Waals surface area contributed by atoms with E-state index >= 15 is 0 Å². The second kappa shape index (κ2) is 4.43. The fourth-order valence-corrected chi connectivity index (χ4v) is 1.58. The van der Waals surface area contributed by atoms with Crippen molar-refractivity contribution in [2.24, 2.45) is 10.8 Å². The minimum atomic E-state index is -0.671. The van der Waals surface area contributed by atoms with Crippen LogP contribution in [-0.2, 0) is 0 Å². The zero-order valence-corrected chi connectivity index (χ0v) is 10.1. The lowest BCUT2D eigenvalue weighted by atomic mass is 9.77. The van der Waals surface area contributed by atoms with Gasteiger partial charge in [0.25, 0.3) is 0 Å². The van der Waals surface area contributed by atoms with Crippen molar-refractivity contribution in [1.82, 2.24) is 0 Å². The summed E-state index contributed by atoms with van der Waals surface area (Å²) in [5.74, 6) is 0. The average molecular weight is 188 g/mol. The van der Waals surface area contributed by atoms with Crippen molar-refractivity contribution in [3.05, 3.63) is 0 Å². The first kappa shape index (κ1) is 12.9. The van der Waals surface area contributed by atoms with Gasteiger partial charge in [-0.3, -0.25) is 0 Å². The molecule has 0 fully saturated rings. The molecule has 0 aromatic rings. The van der Waals surface area contributed by atoms with Crippen molar-refractivity contribution in [2.75, 3.05) is 0 Å². The standard InChI is InChI=1S/C12H25F/c1-10(13)9-12(5,6)8-7-11(2,3)4/h10H,7-9H2,1-6H3. The van der Waals surface area contributed by atoms with E-state index in [1.54, 1.807) is 6.92 Å². The van der Waals surface area contributed by atoms with E-state index in [9.17, 15) is 4.39 Å². The summed E-state index contributed by atoms with van der Waals surface area (Å²) in [7, 11) is 0. The number of halogens is 1. The van der Waals surface area contributed by atoms with Crippen molar-refractivity contribution < 1.29 is 4.39 Å². The Morgan fingerprint density at radius 1 is 1.00 bits per heavy atom. The molecule has 0 saturated heterocycles. The molecule has 13 heavy (non-hydrogen) atoms. The highest BCUT2D eigenvalue weighted by atomic mass is 19.1. The first-order valence-electron chi connectivity index (χ1n) is 5.26. The number of hydrogen-bond acceptors (Lipinski definition) is 0. The van der Waals surface area contributed by atoms with E-state index in [1.165, 1.54) is 6.42 Å². The summed E-state index contributed by atoms with van der Waals surface area (Å²) in [4.78, 5) is 0. The molecule has 0 nitrogen and oxygen atoms in total. The summed E-state index contributed by atoms with van der Waals surface area (Å²) in [5.41, 5.74) is 0.526. The van der Waals surface area contributed by atoms with E-state index in [2.05, 4.69) is 34.6 Å². The maximum atomic E-state index is 12.8. The van der Waals surface area contributed by atoms with Gasteiger partial charge in [0.1, 0.15) is 0 Å². The predicted octanol–water partition coefficient (Wildman–Crippen LogP) is 4.59. The Bertz CT molecular complexity index is 140. The molecule has 1 atom stereocenters. The van der Waals surface area contributed by atoms with E-state index in [-0.39, 0.29) is 5.41 Å². The number of rotatable bonds is 4. The fourth-order valence-electron chi connectivity index (χ4n) is 1.58. The molecule has 0 aliphatic rings. The van der Waals surface area contributed by atoms with Crippen LogP contribution in [0.4, 0.5) is 4.39 Å². The summed E-state index contributed by atoms with van der Waals surface area (Å²) in [6.07, 6.45) is 2.30. The minimum absolute atomic E-state index is 0.154. The summed E-state index contributed by atoms with van der Waals surface area (Å²) in [5, 5.41) is 0. The van der Waals surface area contributed by atoms with Crippen LogP contribution in [0.15, 0.2) is 0 Å². The maximum absolute atomic E-state index is 12.8. The van der Waals surface area contributed by atoms with Crippen molar-refractivity contribution in [3.8, 4) is 0 Å². The summed E-state index contributed by atoms with van der Waals surface area (Å²) in [6, 6.07) is 0. The molecule has 0 amide bonds. The highest BCUT2D eigenvalue weighted by Gasteiger charge is 2.23. The van der Waals surface area contributed by atoms with Gasteiger partial charge in [0.15, 0.2) is 0 Å². The van der Waals surface area contributed by atoms with E-state index in [1.807, 2.05) is 0 Å². The van der Waals surface area contributed by atoms with Gasteiger partial charge in [0.05, 0.1) is 6.17 Å². The third-order valence-electron chi connectivity index (χ3n) is 2.39. The first-order chi connectivity index (χ1) is 5.62. The molecule has 0 radical (unpaired) electrons. The van der Waals surface area contributed by atoms with Gasteiger partial charge in [-0.05, 0) is 37.0 Å². The van der Waals surface area contributed by atoms with E-state index < -0.39 is 6.17 Å². The van der Waals surface area contributed by atoms with Crippen LogP contribution in [0.5, 0.6) is 0 Å². The van der Waals surface area contributed by atoms with Crippen molar-refractivity contribution >= 4 is 0 Å². The second-order valence-corrected chi connectivity index (χ2v) is 6.21. The fraction of sp³-hybridized carbons (Fsp3) is 1.00. The Hall–Kier alpha value is -0.0700. The summed E-state index contributed by atoms with van der Waals surface area (Å²) < 4.78 is 12.8. The number of alkyl halides is 1. The molecule has 0 rings (SSSR count). The van der Waals surface area contributed by atoms with Crippen LogP contribution in [-0.4, -0.2) is 6.17 Å². The topological polar surface area (TPSA) is 0 Å². The molecule has 0 bridgehead atoms. The monoisotopic (exact) mass is 188 g/mol. The lowest BCUT2D eigenvalue weighted by molar-refractivity contribution is 0.184. The minimum Gasteiger partial charge on any atom is -0.248 e. The normalized spacial score (nSPS) is 15.9. The molecular formula is C12H25F. The molecular weight excluding hydrogens is 163 g/mol. The average Bonchev–Trinajstić information content (AvgIpc) is 1.79. The van der Waals surface area contributed by atoms with Gasteiger partial charge in [-0.1, -0.05) is 34.6 Å². The second-order valence-electron chi connectivity index (χ2n) is 6.21. The summed E-state index contributed by atoms with van der Waals surface area (Å²) in [6.45, 7) is 12.7. The van der Waals surface area contributed by atoms with Crippen molar-refractivity contribution in [2.45, 2.75) is 67.0 Å². The highest BCUT2D eigenvalue weighted by molar-refractivity contribution is 4.74. The molecule has 0 aromatic carbocycles. The molecule has 0 heterocycles. The summed E-state index contributed by atoms with van der Waals surface area (Å²) >= 11 is 0. The smallest absolute Gasteiger partial charge is 0.0978 e. The van der Waals surface area contributed by atoms with Crippen LogP contribution in [0.1, 0.15) is 60.8 Å². The molecule has 0 aliphatic carbocycles. The molecule has 1 heteroatoms. The van der Waals surface area contributed by atoms with Crippen molar-refractivity contribution in [3.63, 3.8) is 0 Å². The van der Waals surface area contributed by atoms with Gasteiger partial charge < -0.3 is 0 Å². The zero-order chi connectivity index (χ0) is 10.7. The van der Waals surface area contributed by atoms with E-state index in [0.29, 0.717) is 11.8 Å². The molecule has 1 unspecified atom stereocenters. The van der Waals surface area contributed by atoms with Gasteiger partial charge in [0, 0.05) is 0 Å². The molecule has 0 spiro atoms. The molecule has 0 N–H and O–H groups in total. The van der Waals surface area contributed by atoms with Gasteiger partial charge >= 0.3 is 0 Å². The van der Waals surface area contributed by atoms with Gasteiger partial charge in [-0.15, -0.1) is 0 Å². The number of hydrogen-bond donors (Lipinski definition) is 0. The Morgan fingerprint density at radius 2 is 1.46 bits per heavy atom. The van der Waals surface area contributed by atoms with Crippen LogP contribution < -0.4 is 0 Å². The largest absolute Gasteiger partial charge is 0.248 e. The Morgan fingerprint density at radius 3 is 1.77 bits per heavy atom. The maximum Gasteiger partial charge on any atom is 0.0978 e. The van der Waals surface area contributed by atoms with E-state index in [0.717, 1.165) is 6.42 Å². The third-order valence-corrected chi connectivity index (χ3v) is 2.39. The van der Waals surface area contributed by atoms with Crippen molar-refractivity contribution in [1.29, 1.82) is 0 Å². The zero-order valence-electron chi connectivity index (χ0n) is 10.1. The SMILES string of the molecule is CC(F)CC(C)(C)CCC(C)(C)C. The predicted molar refractivity (Wildman–Crippen MR) is 57.7 cm³/mol. The third kappa shape index (κ3) is 8.27. The highest BCUT2D eigenvalue weighted by Crippen LogP contribution is 2.34. The van der Waals surface area contributed by atoms with E-state index in [4.69, 9.17) is 0 Å².